The molecule has 0 aliphatic rings. The molecule has 1 atom stereocenters. The number of hydrogen-bond donors (Lipinski definition) is 2. The molecule has 0 radical (unpaired) electrons. The van der Waals surface area contributed by atoms with Gasteiger partial charge in [0.2, 0.25) is 0 Å². The summed E-state index contributed by atoms with van der Waals surface area (Å²) in [5, 5.41) is 3.21. The third-order valence-electron chi connectivity index (χ3n) is 2.45. The fourth-order valence-corrected chi connectivity index (χ4v) is 1.56. The van der Waals surface area contributed by atoms with E-state index in [1.165, 1.54) is 7.11 Å². The molecule has 94 valence electrons. The monoisotopic (exact) mass is 237 g/mol. The molecular formula is C12H19N3O2. The van der Waals surface area contributed by atoms with Gasteiger partial charge in [0.15, 0.2) is 0 Å². The van der Waals surface area contributed by atoms with E-state index in [2.05, 4.69) is 22.0 Å². The number of nitrogens with zero attached hydrogens (tertiary/aromatic N) is 1. The van der Waals surface area contributed by atoms with Crippen LogP contribution >= 0.6 is 0 Å². The first-order valence-electron chi connectivity index (χ1n) is 5.72. The molecule has 0 amide bonds. The zero-order valence-corrected chi connectivity index (χ0v) is 10.3. The summed E-state index contributed by atoms with van der Waals surface area (Å²) in [6.45, 7) is 2.64. The minimum absolute atomic E-state index is 0.181. The highest BCUT2D eigenvalue weighted by Gasteiger charge is 2.09. The summed E-state index contributed by atoms with van der Waals surface area (Å²) in [5.74, 6) is 0.284. The second kappa shape index (κ2) is 6.85. The Kier molecular flexibility index (Phi) is 5.42. The molecule has 5 heteroatoms. The first-order valence-corrected chi connectivity index (χ1v) is 5.72. The van der Waals surface area contributed by atoms with Gasteiger partial charge in [-0.2, -0.15) is 0 Å². The molecule has 5 nitrogen and oxygen atoms in total. The van der Waals surface area contributed by atoms with Crippen LogP contribution in [0.15, 0.2) is 18.3 Å². The van der Waals surface area contributed by atoms with Crippen molar-refractivity contribution in [3.63, 3.8) is 0 Å². The van der Waals surface area contributed by atoms with E-state index in [9.17, 15) is 4.79 Å². The number of methoxy groups -OCH3 is 1. The number of pyridine rings is 1. The Labute approximate surface area is 101 Å². The van der Waals surface area contributed by atoms with Crippen LogP contribution in [0.2, 0.25) is 0 Å². The van der Waals surface area contributed by atoms with Crippen LogP contribution in [0.5, 0.6) is 0 Å². The molecule has 1 aromatic heterocycles. The summed E-state index contributed by atoms with van der Waals surface area (Å²) in [6, 6.07) is 3.47. The summed E-state index contributed by atoms with van der Waals surface area (Å²) in [5.41, 5.74) is 6.13. The topological polar surface area (TPSA) is 77.2 Å². The van der Waals surface area contributed by atoms with Crippen molar-refractivity contribution in [2.75, 3.05) is 19.0 Å². The van der Waals surface area contributed by atoms with Gasteiger partial charge in [0.1, 0.15) is 5.82 Å². The number of carbonyl (C=O) groups excluding carboxylic acids is 1. The van der Waals surface area contributed by atoms with E-state index in [1.54, 1.807) is 18.3 Å². The van der Waals surface area contributed by atoms with Gasteiger partial charge < -0.3 is 15.8 Å². The number of nitrogens with two attached hydrogens (primary N) is 1. The van der Waals surface area contributed by atoms with Crippen molar-refractivity contribution in [3.05, 3.63) is 23.9 Å². The van der Waals surface area contributed by atoms with Crippen LogP contribution in [0.3, 0.4) is 0 Å². The summed E-state index contributed by atoms with van der Waals surface area (Å²) in [6.07, 6.45) is 3.60. The second-order valence-corrected chi connectivity index (χ2v) is 3.79. The highest BCUT2D eigenvalue weighted by Crippen LogP contribution is 2.10. The summed E-state index contributed by atoms with van der Waals surface area (Å²) in [4.78, 5) is 15.5. The van der Waals surface area contributed by atoms with Crippen molar-refractivity contribution in [2.45, 2.75) is 25.8 Å². The van der Waals surface area contributed by atoms with Gasteiger partial charge in [0.25, 0.3) is 0 Å². The molecule has 0 aliphatic carbocycles. The van der Waals surface area contributed by atoms with Crippen LogP contribution in [0.25, 0.3) is 0 Å². The minimum atomic E-state index is -0.366. The van der Waals surface area contributed by atoms with E-state index in [0.29, 0.717) is 17.9 Å². The molecule has 0 fully saturated rings. The number of aromatic nitrogens is 1. The number of anilines is 1. The van der Waals surface area contributed by atoms with Gasteiger partial charge in [-0.25, -0.2) is 9.78 Å². The molecule has 0 bridgehead atoms. The van der Waals surface area contributed by atoms with E-state index in [1.807, 2.05) is 0 Å². The Bertz CT molecular complexity index is 369. The third-order valence-corrected chi connectivity index (χ3v) is 2.45. The molecule has 17 heavy (non-hydrogen) atoms. The average Bonchev–Trinajstić information content (AvgIpc) is 2.37. The van der Waals surface area contributed by atoms with E-state index in [-0.39, 0.29) is 12.0 Å². The predicted octanol–water partition coefficient (Wildman–Crippen LogP) is 1.41. The first-order chi connectivity index (χ1) is 8.21. The number of ether oxygens (including phenoxy) is 1. The van der Waals surface area contributed by atoms with E-state index < -0.39 is 0 Å². The van der Waals surface area contributed by atoms with Crippen LogP contribution in [-0.2, 0) is 4.74 Å². The molecule has 0 aliphatic heterocycles. The number of rotatable bonds is 6. The van der Waals surface area contributed by atoms with Crippen molar-refractivity contribution in [3.8, 4) is 0 Å². The van der Waals surface area contributed by atoms with Gasteiger partial charge in [-0.05, 0) is 18.6 Å². The number of esters is 1. The zero-order valence-electron chi connectivity index (χ0n) is 10.3. The smallest absolute Gasteiger partial charge is 0.338 e. The Morgan fingerprint density at radius 3 is 3.00 bits per heavy atom. The van der Waals surface area contributed by atoms with Crippen LogP contribution in [-0.4, -0.2) is 30.6 Å². The van der Waals surface area contributed by atoms with Crippen LogP contribution < -0.4 is 11.1 Å². The lowest BCUT2D eigenvalue weighted by atomic mass is 10.1. The normalized spacial score (nSPS) is 11.9. The van der Waals surface area contributed by atoms with E-state index in [0.717, 1.165) is 12.8 Å². The van der Waals surface area contributed by atoms with Crippen molar-refractivity contribution >= 4 is 11.8 Å². The molecule has 0 aromatic carbocycles. The minimum Gasteiger partial charge on any atom is -0.465 e. The first kappa shape index (κ1) is 13.4. The highest BCUT2D eigenvalue weighted by atomic mass is 16.5. The van der Waals surface area contributed by atoms with Crippen molar-refractivity contribution in [1.29, 1.82) is 0 Å². The molecule has 3 N–H and O–H groups in total. The van der Waals surface area contributed by atoms with Crippen LogP contribution in [0, 0.1) is 0 Å². The summed E-state index contributed by atoms with van der Waals surface area (Å²) in [7, 11) is 1.36. The van der Waals surface area contributed by atoms with Gasteiger partial charge in [-0.3, -0.25) is 0 Å². The summed E-state index contributed by atoms with van der Waals surface area (Å²) >= 11 is 0. The maximum absolute atomic E-state index is 11.3. The van der Waals surface area contributed by atoms with Gasteiger partial charge in [0.05, 0.1) is 12.7 Å². The highest BCUT2D eigenvalue weighted by molar-refractivity contribution is 5.89. The number of hydrogen-bond acceptors (Lipinski definition) is 5. The van der Waals surface area contributed by atoms with E-state index in [4.69, 9.17) is 5.73 Å². The fourth-order valence-electron chi connectivity index (χ4n) is 1.56. The standard InChI is InChI=1S/C12H19N3O2/c1-3-4-10(8-13)15-11-7-9(5-6-14-11)12(16)17-2/h5-7,10H,3-4,8,13H2,1-2H3,(H,14,15). The van der Waals surface area contributed by atoms with Gasteiger partial charge in [-0.15, -0.1) is 0 Å². The quantitative estimate of drug-likeness (QED) is 0.731. The maximum atomic E-state index is 11.3. The Balaban J connectivity index is 2.74. The lowest BCUT2D eigenvalue weighted by Crippen LogP contribution is -2.29. The van der Waals surface area contributed by atoms with Gasteiger partial charge in [0, 0.05) is 18.8 Å². The van der Waals surface area contributed by atoms with Crippen molar-refractivity contribution in [2.24, 2.45) is 5.73 Å². The lowest BCUT2D eigenvalue weighted by molar-refractivity contribution is 0.0600. The Morgan fingerprint density at radius 2 is 2.41 bits per heavy atom. The molecule has 0 saturated heterocycles. The second-order valence-electron chi connectivity index (χ2n) is 3.79. The molecule has 1 rings (SSSR count). The van der Waals surface area contributed by atoms with Gasteiger partial charge in [-0.1, -0.05) is 13.3 Å². The lowest BCUT2D eigenvalue weighted by Gasteiger charge is -2.16. The van der Waals surface area contributed by atoms with Crippen molar-refractivity contribution < 1.29 is 9.53 Å². The zero-order chi connectivity index (χ0) is 12.7. The molecule has 1 aromatic rings. The van der Waals surface area contributed by atoms with Crippen LogP contribution in [0.4, 0.5) is 5.82 Å². The number of carbonyl (C=O) groups is 1. The maximum Gasteiger partial charge on any atom is 0.338 e. The Hall–Kier alpha value is -1.62. The SMILES string of the molecule is CCCC(CN)Nc1cc(C(=O)OC)ccn1. The molecule has 0 saturated carbocycles. The molecule has 1 heterocycles. The van der Waals surface area contributed by atoms with E-state index >= 15 is 0 Å². The van der Waals surface area contributed by atoms with Crippen LogP contribution in [0.1, 0.15) is 30.1 Å². The average molecular weight is 237 g/mol. The van der Waals surface area contributed by atoms with Crippen molar-refractivity contribution in [1.82, 2.24) is 4.98 Å². The molecule has 0 spiro atoms. The predicted molar refractivity (Wildman–Crippen MR) is 66.9 cm³/mol. The molecular weight excluding hydrogens is 218 g/mol. The number of nitrogens with one attached hydrogen (secondary N) is 1. The fraction of sp³-hybridized carbons (Fsp3) is 0.500. The molecule has 1 unspecified atom stereocenters. The van der Waals surface area contributed by atoms with Gasteiger partial charge >= 0.3 is 5.97 Å². The Morgan fingerprint density at radius 1 is 1.65 bits per heavy atom. The third kappa shape index (κ3) is 4.03. The summed E-state index contributed by atoms with van der Waals surface area (Å²) < 4.78 is 4.65. The largest absolute Gasteiger partial charge is 0.465 e.